The van der Waals surface area contributed by atoms with Crippen LogP contribution in [0.5, 0.6) is 0 Å². The Balaban J connectivity index is 1.72. The normalized spacial score (nSPS) is 17.5. The quantitative estimate of drug-likeness (QED) is 0.842. The smallest absolute Gasteiger partial charge is 0.231 e. The summed E-state index contributed by atoms with van der Waals surface area (Å²) < 4.78 is 1.00. The van der Waals surface area contributed by atoms with Crippen molar-refractivity contribution in [1.29, 1.82) is 0 Å². The fourth-order valence-electron chi connectivity index (χ4n) is 2.33. The molecule has 1 aliphatic heterocycles. The van der Waals surface area contributed by atoms with Gasteiger partial charge in [0.15, 0.2) is 0 Å². The fourth-order valence-corrected chi connectivity index (χ4v) is 2.74. The summed E-state index contributed by atoms with van der Waals surface area (Å²) in [5.74, 6) is -0.244. The zero-order chi connectivity index (χ0) is 13.7. The summed E-state index contributed by atoms with van der Waals surface area (Å²) in [7, 11) is 0. The Bertz CT molecular complexity index is 432. The molecular weight excluding hydrogens is 308 g/mol. The third-order valence-electron chi connectivity index (χ3n) is 3.32. The Kier molecular flexibility index (Phi) is 5.30. The molecule has 1 saturated heterocycles. The van der Waals surface area contributed by atoms with Gasteiger partial charge >= 0.3 is 0 Å². The first-order valence-corrected chi connectivity index (χ1v) is 7.26. The zero-order valence-corrected chi connectivity index (χ0v) is 12.4. The van der Waals surface area contributed by atoms with E-state index in [-0.39, 0.29) is 5.91 Å². The molecule has 0 saturated carbocycles. The van der Waals surface area contributed by atoms with Gasteiger partial charge in [0.2, 0.25) is 5.91 Å². The van der Waals surface area contributed by atoms with Crippen molar-refractivity contribution in [2.24, 2.45) is 5.73 Å². The van der Waals surface area contributed by atoms with Gasteiger partial charge in [0, 0.05) is 42.5 Å². The van der Waals surface area contributed by atoms with Crippen LogP contribution in [-0.4, -0.2) is 41.5 Å². The molecule has 1 aliphatic rings. The number of primary amides is 1. The minimum Gasteiger partial charge on any atom is -0.369 e. The second kappa shape index (κ2) is 6.98. The molecule has 2 rings (SSSR count). The van der Waals surface area contributed by atoms with Crippen LogP contribution in [0.1, 0.15) is 18.4 Å². The molecule has 3 N–H and O–H groups in total. The highest BCUT2D eigenvalue weighted by Gasteiger charge is 2.19. The highest BCUT2D eigenvalue weighted by molar-refractivity contribution is 9.10. The molecule has 2 heterocycles. The number of hydrogen-bond acceptors (Lipinski definition) is 4. The minimum absolute atomic E-state index is 0.244. The van der Waals surface area contributed by atoms with Crippen LogP contribution in [0.2, 0.25) is 0 Å². The predicted molar refractivity (Wildman–Crippen MR) is 77.4 cm³/mol. The van der Waals surface area contributed by atoms with E-state index >= 15 is 0 Å². The third-order valence-corrected chi connectivity index (χ3v) is 3.76. The molecule has 0 radical (unpaired) electrons. The Morgan fingerprint density at radius 3 is 2.84 bits per heavy atom. The van der Waals surface area contributed by atoms with E-state index in [1.807, 2.05) is 6.20 Å². The molecule has 19 heavy (non-hydrogen) atoms. The maximum atomic E-state index is 10.8. The highest BCUT2D eigenvalue weighted by atomic mass is 79.9. The van der Waals surface area contributed by atoms with E-state index in [9.17, 15) is 4.79 Å². The number of carbonyl (C=O) groups is 1. The number of amides is 1. The molecule has 6 heteroatoms. The number of likely N-dealkylation sites (tertiary alicyclic amines) is 1. The number of piperidine rings is 1. The van der Waals surface area contributed by atoms with Crippen molar-refractivity contribution in [2.75, 3.05) is 19.6 Å². The maximum Gasteiger partial charge on any atom is 0.231 e. The van der Waals surface area contributed by atoms with Gasteiger partial charge in [-0.15, -0.1) is 0 Å². The summed E-state index contributed by atoms with van der Waals surface area (Å²) in [6.07, 6.45) is 5.76. The molecular formula is C13H19BrN4O. The van der Waals surface area contributed by atoms with Crippen LogP contribution in [0.15, 0.2) is 22.9 Å². The molecule has 1 amide bonds. The summed E-state index contributed by atoms with van der Waals surface area (Å²) in [6, 6.07) is 2.57. The number of aromatic nitrogens is 1. The lowest BCUT2D eigenvalue weighted by atomic mass is 10.0. The predicted octanol–water partition coefficient (Wildman–Crippen LogP) is 0.883. The number of nitrogens with one attached hydrogen (secondary N) is 1. The number of nitrogens with two attached hydrogens (primary N) is 1. The van der Waals surface area contributed by atoms with E-state index in [4.69, 9.17) is 5.73 Å². The van der Waals surface area contributed by atoms with Gasteiger partial charge in [0.25, 0.3) is 0 Å². The van der Waals surface area contributed by atoms with E-state index in [0.717, 1.165) is 36.9 Å². The first-order valence-electron chi connectivity index (χ1n) is 6.47. The van der Waals surface area contributed by atoms with E-state index in [1.54, 1.807) is 6.20 Å². The Labute approximate surface area is 121 Å². The molecule has 0 aromatic carbocycles. The van der Waals surface area contributed by atoms with Crippen LogP contribution in [0, 0.1) is 0 Å². The number of hydrogen-bond donors (Lipinski definition) is 2. The lowest BCUT2D eigenvalue weighted by Crippen LogP contribution is -2.45. The molecule has 0 atom stereocenters. The SMILES string of the molecule is NC(=O)CN1CCC(NCc2cncc(Br)c2)CC1. The number of halogens is 1. The van der Waals surface area contributed by atoms with Crippen molar-refractivity contribution in [3.05, 3.63) is 28.5 Å². The van der Waals surface area contributed by atoms with Crippen LogP contribution in [-0.2, 0) is 11.3 Å². The Morgan fingerprint density at radius 2 is 2.21 bits per heavy atom. The Hall–Kier alpha value is -0.980. The van der Waals surface area contributed by atoms with Crippen LogP contribution >= 0.6 is 15.9 Å². The van der Waals surface area contributed by atoms with Crippen molar-refractivity contribution in [1.82, 2.24) is 15.2 Å². The van der Waals surface area contributed by atoms with Crippen LogP contribution in [0.25, 0.3) is 0 Å². The van der Waals surface area contributed by atoms with Gasteiger partial charge in [0.05, 0.1) is 6.54 Å². The van der Waals surface area contributed by atoms with Crippen LogP contribution in [0.3, 0.4) is 0 Å². The van der Waals surface area contributed by atoms with Gasteiger partial charge in [-0.3, -0.25) is 14.7 Å². The fraction of sp³-hybridized carbons (Fsp3) is 0.538. The van der Waals surface area contributed by atoms with Crippen molar-refractivity contribution >= 4 is 21.8 Å². The van der Waals surface area contributed by atoms with Gasteiger partial charge in [-0.25, -0.2) is 0 Å². The summed E-state index contributed by atoms with van der Waals surface area (Å²) >= 11 is 3.42. The Morgan fingerprint density at radius 1 is 1.47 bits per heavy atom. The summed E-state index contributed by atoms with van der Waals surface area (Å²) in [6.45, 7) is 3.06. The van der Waals surface area contributed by atoms with Crippen LogP contribution in [0.4, 0.5) is 0 Å². The number of pyridine rings is 1. The molecule has 1 aromatic heterocycles. The zero-order valence-electron chi connectivity index (χ0n) is 10.8. The lowest BCUT2D eigenvalue weighted by molar-refractivity contribution is -0.119. The van der Waals surface area contributed by atoms with Crippen molar-refractivity contribution < 1.29 is 4.79 Å². The second-order valence-corrected chi connectivity index (χ2v) is 5.82. The topological polar surface area (TPSA) is 71.2 Å². The van der Waals surface area contributed by atoms with Gasteiger partial charge < -0.3 is 11.1 Å². The average molecular weight is 327 g/mol. The third kappa shape index (κ3) is 4.89. The van der Waals surface area contributed by atoms with Crippen molar-refractivity contribution in [2.45, 2.75) is 25.4 Å². The minimum atomic E-state index is -0.244. The monoisotopic (exact) mass is 326 g/mol. The second-order valence-electron chi connectivity index (χ2n) is 4.91. The molecule has 0 aliphatic carbocycles. The van der Waals surface area contributed by atoms with Gasteiger partial charge in [0.1, 0.15) is 0 Å². The summed E-state index contributed by atoms with van der Waals surface area (Å²) in [5, 5.41) is 3.54. The molecule has 5 nitrogen and oxygen atoms in total. The van der Waals surface area contributed by atoms with Gasteiger partial charge in [-0.05, 0) is 40.4 Å². The van der Waals surface area contributed by atoms with Gasteiger partial charge in [-0.2, -0.15) is 0 Å². The van der Waals surface area contributed by atoms with Crippen LogP contribution < -0.4 is 11.1 Å². The lowest BCUT2D eigenvalue weighted by Gasteiger charge is -2.31. The molecule has 1 fully saturated rings. The summed E-state index contributed by atoms with van der Waals surface area (Å²) in [4.78, 5) is 17.1. The van der Waals surface area contributed by atoms with Crippen molar-refractivity contribution in [3.8, 4) is 0 Å². The van der Waals surface area contributed by atoms with E-state index < -0.39 is 0 Å². The van der Waals surface area contributed by atoms with E-state index in [2.05, 4.69) is 37.2 Å². The maximum absolute atomic E-state index is 10.8. The average Bonchev–Trinajstić information content (AvgIpc) is 2.37. The van der Waals surface area contributed by atoms with Gasteiger partial charge in [-0.1, -0.05) is 0 Å². The van der Waals surface area contributed by atoms with Crippen molar-refractivity contribution in [3.63, 3.8) is 0 Å². The number of carbonyl (C=O) groups excluding carboxylic acids is 1. The standard InChI is InChI=1S/C13H19BrN4O/c14-11-5-10(6-16-8-11)7-17-12-1-3-18(4-2-12)9-13(15)19/h5-6,8,12,17H,1-4,7,9H2,(H2,15,19). The summed E-state index contributed by atoms with van der Waals surface area (Å²) in [5.41, 5.74) is 6.37. The van der Waals surface area contributed by atoms with E-state index in [1.165, 1.54) is 5.56 Å². The molecule has 104 valence electrons. The molecule has 0 bridgehead atoms. The number of nitrogens with zero attached hydrogens (tertiary/aromatic N) is 2. The molecule has 0 spiro atoms. The first-order chi connectivity index (χ1) is 9.13. The highest BCUT2D eigenvalue weighted by Crippen LogP contribution is 2.12. The number of rotatable bonds is 5. The first kappa shape index (κ1) is 14.4. The van der Waals surface area contributed by atoms with E-state index in [0.29, 0.717) is 12.6 Å². The molecule has 1 aromatic rings. The largest absolute Gasteiger partial charge is 0.369 e. The molecule has 0 unspecified atom stereocenters.